The molecule has 0 aliphatic rings. The lowest BCUT2D eigenvalue weighted by Gasteiger charge is -2.26. The quantitative estimate of drug-likeness (QED) is 0.170. The number of para-hydroxylation sites is 2. The number of amides is 1. The summed E-state index contributed by atoms with van der Waals surface area (Å²) >= 11 is 4.79. The van der Waals surface area contributed by atoms with Crippen molar-refractivity contribution in [1.29, 1.82) is 0 Å². The van der Waals surface area contributed by atoms with Crippen molar-refractivity contribution in [3.8, 4) is 5.75 Å². The van der Waals surface area contributed by atoms with E-state index in [0.29, 0.717) is 23.7 Å². The molecule has 0 unspecified atom stereocenters. The summed E-state index contributed by atoms with van der Waals surface area (Å²) in [4.78, 5) is 14.1. The van der Waals surface area contributed by atoms with E-state index in [9.17, 15) is 21.6 Å². The SMILES string of the molecule is CCOc1ccccc1N(CC(=O)Nc1ccc(S(=O)(=O)Nc2ccc(Br)cc2)cc1)S(=O)(=O)c1ccc(SC)cc1. The number of carbonyl (C=O) groups is 1. The number of anilines is 3. The molecular weight excluding hydrogens is 662 g/mol. The van der Waals surface area contributed by atoms with Gasteiger partial charge in [0.25, 0.3) is 20.0 Å². The van der Waals surface area contributed by atoms with Crippen LogP contribution in [0.25, 0.3) is 0 Å². The third-order valence-electron chi connectivity index (χ3n) is 5.91. The number of hydrogen-bond donors (Lipinski definition) is 2. The number of nitrogens with zero attached hydrogens (tertiary/aromatic N) is 1. The Morgan fingerprint density at radius 2 is 1.43 bits per heavy atom. The Bertz CT molecular complexity index is 1750. The fraction of sp³-hybridized carbons (Fsp3) is 0.138. The minimum absolute atomic E-state index is 0.00745. The van der Waals surface area contributed by atoms with Gasteiger partial charge in [-0.2, -0.15) is 0 Å². The van der Waals surface area contributed by atoms with Crippen LogP contribution in [0.4, 0.5) is 17.1 Å². The predicted octanol–water partition coefficient (Wildman–Crippen LogP) is 6.20. The molecule has 0 saturated heterocycles. The van der Waals surface area contributed by atoms with E-state index in [1.807, 2.05) is 6.26 Å². The first-order valence-electron chi connectivity index (χ1n) is 12.6. The standard InChI is InChI=1S/C29H28BrN3O6S3/c1-3-39-28-7-5-4-6-27(28)33(42(37,38)26-18-14-24(40-2)15-19-26)20-29(34)31-22-12-16-25(17-13-22)41(35,36)32-23-10-8-21(30)9-11-23/h4-19,32H,3,20H2,1-2H3,(H,31,34). The number of sulfonamides is 2. The Balaban J connectivity index is 1.57. The zero-order valence-corrected chi connectivity index (χ0v) is 26.7. The summed E-state index contributed by atoms with van der Waals surface area (Å²) < 4.78 is 63.2. The largest absolute Gasteiger partial charge is 0.492 e. The molecule has 220 valence electrons. The highest BCUT2D eigenvalue weighted by molar-refractivity contribution is 9.10. The smallest absolute Gasteiger partial charge is 0.264 e. The fourth-order valence-corrected chi connectivity index (χ4v) is 7.06. The molecule has 1 amide bonds. The zero-order chi connectivity index (χ0) is 30.3. The van der Waals surface area contributed by atoms with E-state index >= 15 is 0 Å². The molecule has 2 N–H and O–H groups in total. The van der Waals surface area contributed by atoms with Gasteiger partial charge < -0.3 is 10.1 Å². The molecule has 0 radical (unpaired) electrons. The third kappa shape index (κ3) is 7.65. The third-order valence-corrected chi connectivity index (χ3v) is 10.4. The molecule has 0 heterocycles. The van der Waals surface area contributed by atoms with Gasteiger partial charge in [-0.3, -0.25) is 13.8 Å². The Morgan fingerprint density at radius 3 is 2.05 bits per heavy atom. The Morgan fingerprint density at radius 1 is 0.833 bits per heavy atom. The van der Waals surface area contributed by atoms with E-state index in [-0.39, 0.29) is 15.5 Å². The van der Waals surface area contributed by atoms with Crippen molar-refractivity contribution < 1.29 is 26.4 Å². The van der Waals surface area contributed by atoms with Crippen LogP contribution in [0, 0.1) is 0 Å². The van der Waals surface area contributed by atoms with Crippen molar-refractivity contribution in [2.24, 2.45) is 0 Å². The molecule has 0 fully saturated rings. The lowest BCUT2D eigenvalue weighted by Crippen LogP contribution is -2.38. The maximum atomic E-state index is 13.8. The molecule has 9 nitrogen and oxygen atoms in total. The molecule has 0 atom stereocenters. The molecule has 0 aromatic heterocycles. The predicted molar refractivity (Wildman–Crippen MR) is 170 cm³/mol. The van der Waals surface area contributed by atoms with E-state index in [1.165, 1.54) is 48.2 Å². The zero-order valence-electron chi connectivity index (χ0n) is 22.7. The van der Waals surface area contributed by atoms with Crippen molar-refractivity contribution in [1.82, 2.24) is 0 Å². The number of carbonyl (C=O) groups excluding carboxylic acids is 1. The van der Waals surface area contributed by atoms with Crippen LogP contribution in [0.5, 0.6) is 5.75 Å². The average molecular weight is 691 g/mol. The molecule has 0 aliphatic heterocycles. The van der Waals surface area contributed by atoms with Crippen molar-refractivity contribution in [3.05, 3.63) is 102 Å². The number of thioether (sulfide) groups is 1. The average Bonchev–Trinajstić information content (AvgIpc) is 2.98. The van der Waals surface area contributed by atoms with Gasteiger partial charge in [0.1, 0.15) is 12.3 Å². The van der Waals surface area contributed by atoms with E-state index in [0.717, 1.165) is 13.7 Å². The highest BCUT2D eigenvalue weighted by Crippen LogP contribution is 2.33. The van der Waals surface area contributed by atoms with Gasteiger partial charge in [-0.15, -0.1) is 11.8 Å². The van der Waals surface area contributed by atoms with Gasteiger partial charge in [0, 0.05) is 20.7 Å². The summed E-state index contributed by atoms with van der Waals surface area (Å²) in [6.45, 7) is 1.52. The highest BCUT2D eigenvalue weighted by atomic mass is 79.9. The monoisotopic (exact) mass is 689 g/mol. The molecular formula is C29H28BrN3O6S3. The highest BCUT2D eigenvalue weighted by Gasteiger charge is 2.29. The van der Waals surface area contributed by atoms with Crippen LogP contribution < -0.4 is 19.1 Å². The summed E-state index contributed by atoms with van der Waals surface area (Å²) in [6, 6.07) is 25.2. The summed E-state index contributed by atoms with van der Waals surface area (Å²) in [5, 5.41) is 2.66. The lowest BCUT2D eigenvalue weighted by molar-refractivity contribution is -0.114. The first kappa shape index (κ1) is 31.4. The molecule has 4 aromatic carbocycles. The van der Waals surface area contributed by atoms with E-state index < -0.39 is 32.5 Å². The van der Waals surface area contributed by atoms with Gasteiger partial charge in [0.2, 0.25) is 5.91 Å². The van der Waals surface area contributed by atoms with Crippen LogP contribution in [-0.4, -0.2) is 42.2 Å². The van der Waals surface area contributed by atoms with Gasteiger partial charge in [-0.1, -0.05) is 28.1 Å². The summed E-state index contributed by atoms with van der Waals surface area (Å²) in [5.74, 6) is -0.320. The van der Waals surface area contributed by atoms with E-state index in [2.05, 4.69) is 26.0 Å². The second-order valence-electron chi connectivity index (χ2n) is 8.77. The second-order valence-corrected chi connectivity index (χ2v) is 14.1. The number of rotatable bonds is 12. The molecule has 0 bridgehead atoms. The summed E-state index contributed by atoms with van der Waals surface area (Å²) in [5.41, 5.74) is 0.901. The van der Waals surface area contributed by atoms with Gasteiger partial charge in [0.15, 0.2) is 0 Å². The van der Waals surface area contributed by atoms with Gasteiger partial charge >= 0.3 is 0 Å². The first-order chi connectivity index (χ1) is 20.0. The van der Waals surface area contributed by atoms with Crippen LogP contribution in [0.3, 0.4) is 0 Å². The minimum Gasteiger partial charge on any atom is -0.492 e. The molecule has 0 spiro atoms. The fourth-order valence-electron chi connectivity index (χ4n) is 3.90. The van der Waals surface area contributed by atoms with Crippen LogP contribution >= 0.6 is 27.7 Å². The second kappa shape index (κ2) is 13.6. The number of benzene rings is 4. The first-order valence-corrected chi connectivity index (χ1v) is 17.5. The van der Waals surface area contributed by atoms with Gasteiger partial charge in [-0.05, 0) is 98.1 Å². The molecule has 0 aliphatic carbocycles. The van der Waals surface area contributed by atoms with Crippen LogP contribution in [0.2, 0.25) is 0 Å². The van der Waals surface area contributed by atoms with Crippen molar-refractivity contribution >= 4 is 70.7 Å². The van der Waals surface area contributed by atoms with E-state index in [1.54, 1.807) is 67.6 Å². The maximum absolute atomic E-state index is 13.8. The minimum atomic E-state index is -4.17. The lowest BCUT2D eigenvalue weighted by atomic mass is 10.3. The van der Waals surface area contributed by atoms with E-state index in [4.69, 9.17) is 4.74 Å². The number of ether oxygens (including phenoxy) is 1. The van der Waals surface area contributed by atoms with Crippen LogP contribution in [0.15, 0.2) is 116 Å². The Hall–Kier alpha value is -3.52. The van der Waals surface area contributed by atoms with Crippen molar-refractivity contribution in [2.75, 3.05) is 33.8 Å². The molecule has 4 rings (SSSR count). The van der Waals surface area contributed by atoms with Crippen molar-refractivity contribution in [3.63, 3.8) is 0 Å². The normalized spacial score (nSPS) is 11.5. The molecule has 4 aromatic rings. The molecule has 42 heavy (non-hydrogen) atoms. The topological polar surface area (TPSA) is 122 Å². The Kier molecular flexibility index (Phi) is 10.2. The molecule has 13 heteroatoms. The maximum Gasteiger partial charge on any atom is 0.264 e. The van der Waals surface area contributed by atoms with Crippen LogP contribution in [0.1, 0.15) is 6.92 Å². The number of nitrogens with one attached hydrogen (secondary N) is 2. The summed E-state index contributed by atoms with van der Waals surface area (Å²) in [6.07, 6.45) is 1.89. The van der Waals surface area contributed by atoms with Gasteiger partial charge in [0.05, 0.1) is 22.1 Å². The Labute approximate surface area is 258 Å². The van der Waals surface area contributed by atoms with Crippen molar-refractivity contribution in [2.45, 2.75) is 21.6 Å². The van der Waals surface area contributed by atoms with Crippen LogP contribution in [-0.2, 0) is 24.8 Å². The number of hydrogen-bond acceptors (Lipinski definition) is 7. The molecule has 0 saturated carbocycles. The van der Waals surface area contributed by atoms with Gasteiger partial charge in [-0.25, -0.2) is 16.8 Å². The summed E-state index contributed by atoms with van der Waals surface area (Å²) in [7, 11) is -8.05. The number of halogens is 1.